The van der Waals surface area contributed by atoms with Crippen molar-refractivity contribution < 1.29 is 15.0 Å². The monoisotopic (exact) mass is 285 g/mol. The van der Waals surface area contributed by atoms with Crippen molar-refractivity contribution in [2.75, 3.05) is 6.54 Å². The average molecular weight is 285 g/mol. The first-order valence-electron chi connectivity index (χ1n) is 6.97. The summed E-state index contributed by atoms with van der Waals surface area (Å²) in [6.07, 6.45) is 0.865. The van der Waals surface area contributed by atoms with E-state index in [0.29, 0.717) is 6.54 Å². The summed E-state index contributed by atoms with van der Waals surface area (Å²) in [5.74, 6) is -0.222. The second kappa shape index (κ2) is 6.79. The normalized spacial score (nSPS) is 10.6. The molecular weight excluding hydrogens is 266 g/mol. The van der Waals surface area contributed by atoms with Crippen molar-refractivity contribution in [1.82, 2.24) is 5.32 Å². The first-order chi connectivity index (χ1) is 10.1. The van der Waals surface area contributed by atoms with E-state index in [1.165, 1.54) is 0 Å². The van der Waals surface area contributed by atoms with Crippen molar-refractivity contribution in [1.29, 1.82) is 0 Å². The van der Waals surface area contributed by atoms with Gasteiger partial charge in [0.2, 0.25) is 5.91 Å². The number of hydrogen-bond acceptors (Lipinski definition) is 3. The van der Waals surface area contributed by atoms with E-state index >= 15 is 0 Å². The lowest BCUT2D eigenvalue weighted by Crippen LogP contribution is -2.30. The van der Waals surface area contributed by atoms with Crippen molar-refractivity contribution in [3.8, 4) is 11.5 Å². The summed E-state index contributed by atoms with van der Waals surface area (Å²) >= 11 is 0. The van der Waals surface area contributed by atoms with E-state index in [2.05, 4.69) is 5.32 Å². The Morgan fingerprint density at radius 1 is 0.952 bits per heavy atom. The van der Waals surface area contributed by atoms with E-state index in [9.17, 15) is 15.0 Å². The van der Waals surface area contributed by atoms with Gasteiger partial charge in [0.1, 0.15) is 11.5 Å². The summed E-state index contributed by atoms with van der Waals surface area (Å²) in [4.78, 5) is 12.4. The molecular formula is C17H19NO3. The third-order valence-electron chi connectivity index (χ3n) is 3.26. The number of rotatable bonds is 5. The Morgan fingerprint density at radius 2 is 1.38 bits per heavy atom. The highest BCUT2D eigenvalue weighted by molar-refractivity contribution is 5.87. The van der Waals surface area contributed by atoms with Crippen LogP contribution in [0.25, 0.3) is 0 Å². The number of amides is 1. The Hall–Kier alpha value is -2.49. The smallest absolute Gasteiger partial charge is 0.232 e. The summed E-state index contributed by atoms with van der Waals surface area (Å²) in [5.41, 5.74) is 1.60. The van der Waals surface area contributed by atoms with Crippen LogP contribution in [0.4, 0.5) is 0 Å². The molecule has 0 aliphatic rings. The van der Waals surface area contributed by atoms with E-state index in [4.69, 9.17) is 0 Å². The van der Waals surface area contributed by atoms with Gasteiger partial charge >= 0.3 is 0 Å². The molecule has 0 heterocycles. The molecule has 21 heavy (non-hydrogen) atoms. The summed E-state index contributed by atoms with van der Waals surface area (Å²) in [6, 6.07) is 13.2. The number of aromatic hydroxyl groups is 2. The lowest BCUT2D eigenvalue weighted by Gasteiger charge is -2.18. The van der Waals surface area contributed by atoms with Crippen molar-refractivity contribution >= 4 is 5.91 Å². The van der Waals surface area contributed by atoms with Gasteiger partial charge in [0, 0.05) is 6.54 Å². The molecule has 0 saturated carbocycles. The lowest BCUT2D eigenvalue weighted by molar-refractivity contribution is -0.121. The summed E-state index contributed by atoms with van der Waals surface area (Å²) in [7, 11) is 0. The Labute approximate surface area is 124 Å². The minimum atomic E-state index is -0.460. The Bertz CT molecular complexity index is 545. The molecule has 0 spiro atoms. The number of hydrogen-bond donors (Lipinski definition) is 3. The molecule has 2 aromatic carbocycles. The van der Waals surface area contributed by atoms with Crippen LogP contribution in [-0.4, -0.2) is 22.7 Å². The molecule has 110 valence electrons. The van der Waals surface area contributed by atoms with Crippen LogP contribution in [0.1, 0.15) is 30.4 Å². The first kappa shape index (κ1) is 14.9. The molecule has 0 aliphatic heterocycles. The minimum Gasteiger partial charge on any atom is -0.508 e. The third kappa shape index (κ3) is 3.75. The molecule has 0 saturated heterocycles. The molecule has 0 bridgehead atoms. The van der Waals surface area contributed by atoms with Crippen molar-refractivity contribution in [3.63, 3.8) is 0 Å². The zero-order chi connectivity index (χ0) is 15.2. The highest BCUT2D eigenvalue weighted by Crippen LogP contribution is 2.27. The van der Waals surface area contributed by atoms with E-state index < -0.39 is 5.92 Å². The molecule has 0 aromatic heterocycles. The molecule has 0 atom stereocenters. The Morgan fingerprint density at radius 3 is 1.76 bits per heavy atom. The zero-order valence-electron chi connectivity index (χ0n) is 11.9. The molecule has 0 unspecified atom stereocenters. The van der Waals surface area contributed by atoms with E-state index in [0.717, 1.165) is 17.5 Å². The van der Waals surface area contributed by atoms with Crippen LogP contribution in [0.3, 0.4) is 0 Å². The zero-order valence-corrected chi connectivity index (χ0v) is 11.9. The van der Waals surface area contributed by atoms with Gasteiger partial charge in [-0.15, -0.1) is 0 Å². The standard InChI is InChI=1S/C17H19NO3/c1-2-11-18-17(21)16(12-3-7-14(19)8-4-12)13-5-9-15(20)10-6-13/h3-10,16,19-20H,2,11H2,1H3,(H,18,21). The molecule has 2 aromatic rings. The summed E-state index contributed by atoms with van der Waals surface area (Å²) in [6.45, 7) is 2.61. The second-order valence-corrected chi connectivity index (χ2v) is 4.91. The number of nitrogens with one attached hydrogen (secondary N) is 1. The van der Waals surface area contributed by atoms with Crippen LogP contribution in [0, 0.1) is 0 Å². The first-order valence-corrected chi connectivity index (χ1v) is 6.97. The molecule has 4 heteroatoms. The van der Waals surface area contributed by atoms with Gasteiger partial charge in [-0.3, -0.25) is 4.79 Å². The topological polar surface area (TPSA) is 69.6 Å². The van der Waals surface area contributed by atoms with Crippen LogP contribution in [0.2, 0.25) is 0 Å². The average Bonchev–Trinajstić information content (AvgIpc) is 2.49. The van der Waals surface area contributed by atoms with Crippen LogP contribution >= 0.6 is 0 Å². The highest BCUT2D eigenvalue weighted by Gasteiger charge is 2.22. The van der Waals surface area contributed by atoms with Gasteiger partial charge < -0.3 is 15.5 Å². The maximum absolute atomic E-state index is 12.4. The number of phenols is 2. The van der Waals surface area contributed by atoms with Gasteiger partial charge in [0.25, 0.3) is 0 Å². The van der Waals surface area contributed by atoms with Gasteiger partial charge in [0.05, 0.1) is 5.92 Å². The van der Waals surface area contributed by atoms with E-state index in [1.807, 2.05) is 6.92 Å². The van der Waals surface area contributed by atoms with E-state index in [1.54, 1.807) is 48.5 Å². The minimum absolute atomic E-state index is 0.0896. The molecule has 0 aliphatic carbocycles. The molecule has 4 nitrogen and oxygen atoms in total. The maximum Gasteiger partial charge on any atom is 0.232 e. The quantitative estimate of drug-likeness (QED) is 0.791. The van der Waals surface area contributed by atoms with Crippen molar-refractivity contribution in [2.45, 2.75) is 19.3 Å². The number of carbonyl (C=O) groups is 1. The van der Waals surface area contributed by atoms with E-state index in [-0.39, 0.29) is 17.4 Å². The van der Waals surface area contributed by atoms with Crippen LogP contribution in [-0.2, 0) is 4.79 Å². The number of benzene rings is 2. The fourth-order valence-electron chi connectivity index (χ4n) is 2.18. The molecule has 3 N–H and O–H groups in total. The maximum atomic E-state index is 12.4. The fraction of sp³-hybridized carbons (Fsp3) is 0.235. The van der Waals surface area contributed by atoms with Crippen LogP contribution in [0.5, 0.6) is 11.5 Å². The molecule has 0 fully saturated rings. The largest absolute Gasteiger partial charge is 0.508 e. The van der Waals surface area contributed by atoms with Gasteiger partial charge in [-0.05, 0) is 41.8 Å². The van der Waals surface area contributed by atoms with Crippen molar-refractivity contribution in [3.05, 3.63) is 59.7 Å². The molecule has 2 rings (SSSR count). The highest BCUT2D eigenvalue weighted by atomic mass is 16.3. The lowest BCUT2D eigenvalue weighted by atomic mass is 9.90. The van der Waals surface area contributed by atoms with Crippen LogP contribution in [0.15, 0.2) is 48.5 Å². The van der Waals surface area contributed by atoms with Crippen LogP contribution < -0.4 is 5.32 Å². The summed E-state index contributed by atoms with van der Waals surface area (Å²) in [5, 5.41) is 21.7. The summed E-state index contributed by atoms with van der Waals surface area (Å²) < 4.78 is 0. The van der Waals surface area contributed by atoms with Gasteiger partial charge in [0.15, 0.2) is 0 Å². The van der Waals surface area contributed by atoms with Gasteiger partial charge in [-0.2, -0.15) is 0 Å². The second-order valence-electron chi connectivity index (χ2n) is 4.91. The molecule has 0 radical (unpaired) electrons. The SMILES string of the molecule is CCCNC(=O)C(c1ccc(O)cc1)c1ccc(O)cc1. The number of carbonyl (C=O) groups excluding carboxylic acids is 1. The number of phenolic OH excluding ortho intramolecular Hbond substituents is 2. The predicted molar refractivity (Wildman–Crippen MR) is 81.4 cm³/mol. The predicted octanol–water partition coefficient (Wildman–Crippen LogP) is 2.76. The third-order valence-corrected chi connectivity index (χ3v) is 3.26. The fourth-order valence-corrected chi connectivity index (χ4v) is 2.18. The Balaban J connectivity index is 2.36. The van der Waals surface area contributed by atoms with Crippen molar-refractivity contribution in [2.24, 2.45) is 0 Å². The van der Waals surface area contributed by atoms with Gasteiger partial charge in [-0.25, -0.2) is 0 Å². The van der Waals surface area contributed by atoms with Gasteiger partial charge in [-0.1, -0.05) is 31.2 Å². The Kier molecular flexibility index (Phi) is 4.82. The molecule has 1 amide bonds.